The highest BCUT2D eigenvalue weighted by Crippen LogP contribution is 2.21. The highest BCUT2D eigenvalue weighted by Gasteiger charge is 2.08. The molecule has 1 rings (SSSR count). The zero-order chi connectivity index (χ0) is 10.0. The Morgan fingerprint density at radius 2 is 2.15 bits per heavy atom. The van der Waals surface area contributed by atoms with Crippen molar-refractivity contribution >= 4 is 5.97 Å². The minimum absolute atomic E-state index is 0.214. The Morgan fingerprint density at radius 3 is 2.62 bits per heavy atom. The number of carboxylic acid groups (broad SMARTS) is 1. The van der Waals surface area contributed by atoms with Gasteiger partial charge in [0, 0.05) is 0 Å². The van der Waals surface area contributed by atoms with E-state index in [9.17, 15) is 9.18 Å². The summed E-state index contributed by atoms with van der Waals surface area (Å²) in [5.41, 5.74) is 0.639. The van der Waals surface area contributed by atoms with Crippen molar-refractivity contribution in [2.24, 2.45) is 0 Å². The van der Waals surface area contributed by atoms with E-state index in [4.69, 9.17) is 10.2 Å². The van der Waals surface area contributed by atoms with Crippen molar-refractivity contribution in [3.05, 3.63) is 29.1 Å². The monoisotopic (exact) mass is 184 g/mol. The molecule has 0 bridgehead atoms. The van der Waals surface area contributed by atoms with Crippen LogP contribution in [-0.4, -0.2) is 16.2 Å². The minimum atomic E-state index is -1.01. The van der Waals surface area contributed by atoms with E-state index in [0.717, 1.165) is 6.07 Å². The molecule has 0 heterocycles. The smallest absolute Gasteiger partial charge is 0.307 e. The summed E-state index contributed by atoms with van der Waals surface area (Å²) in [7, 11) is 0. The van der Waals surface area contributed by atoms with Crippen molar-refractivity contribution < 1.29 is 19.4 Å². The SMILES string of the molecule is Cc1cc(CC(=O)O)cc(O)c1F. The van der Waals surface area contributed by atoms with Crippen LogP contribution in [0.1, 0.15) is 11.1 Å². The first-order chi connectivity index (χ1) is 6.00. The second-order valence-corrected chi connectivity index (χ2v) is 2.82. The van der Waals surface area contributed by atoms with Gasteiger partial charge in [-0.1, -0.05) is 6.07 Å². The molecule has 0 atom stereocenters. The van der Waals surface area contributed by atoms with Gasteiger partial charge in [-0.3, -0.25) is 4.79 Å². The molecule has 0 unspecified atom stereocenters. The number of rotatable bonds is 2. The van der Waals surface area contributed by atoms with Crippen LogP contribution in [0.15, 0.2) is 12.1 Å². The van der Waals surface area contributed by atoms with Gasteiger partial charge in [-0.25, -0.2) is 4.39 Å². The van der Waals surface area contributed by atoms with Gasteiger partial charge < -0.3 is 10.2 Å². The molecule has 1 aromatic rings. The molecule has 3 nitrogen and oxygen atoms in total. The molecule has 0 aromatic heterocycles. The van der Waals surface area contributed by atoms with Gasteiger partial charge in [0.1, 0.15) is 0 Å². The van der Waals surface area contributed by atoms with Crippen LogP contribution in [-0.2, 0) is 11.2 Å². The van der Waals surface area contributed by atoms with Gasteiger partial charge in [0.05, 0.1) is 6.42 Å². The van der Waals surface area contributed by atoms with Crippen molar-refractivity contribution in [2.75, 3.05) is 0 Å². The maximum Gasteiger partial charge on any atom is 0.307 e. The van der Waals surface area contributed by atoms with E-state index in [1.807, 2.05) is 0 Å². The van der Waals surface area contributed by atoms with E-state index < -0.39 is 17.5 Å². The van der Waals surface area contributed by atoms with Crippen LogP contribution in [0, 0.1) is 12.7 Å². The summed E-state index contributed by atoms with van der Waals surface area (Å²) in [6, 6.07) is 2.53. The Morgan fingerprint density at radius 1 is 1.54 bits per heavy atom. The highest BCUT2D eigenvalue weighted by molar-refractivity contribution is 5.70. The number of hydrogen-bond acceptors (Lipinski definition) is 2. The standard InChI is InChI=1S/C9H9FO3/c1-5-2-6(4-8(12)13)3-7(11)9(5)10/h2-3,11H,4H2,1H3,(H,12,13). The predicted molar refractivity (Wildman–Crippen MR) is 44.1 cm³/mol. The first-order valence-electron chi connectivity index (χ1n) is 3.70. The van der Waals surface area contributed by atoms with Crippen LogP contribution in [0.3, 0.4) is 0 Å². The minimum Gasteiger partial charge on any atom is -0.505 e. The molecule has 0 aliphatic rings. The molecule has 0 fully saturated rings. The topological polar surface area (TPSA) is 57.5 Å². The van der Waals surface area contributed by atoms with E-state index in [0.29, 0.717) is 5.56 Å². The van der Waals surface area contributed by atoms with E-state index in [-0.39, 0.29) is 12.0 Å². The number of phenols is 1. The van der Waals surface area contributed by atoms with Crippen LogP contribution in [0.2, 0.25) is 0 Å². The average Bonchev–Trinajstić information content (AvgIpc) is 1.98. The highest BCUT2D eigenvalue weighted by atomic mass is 19.1. The first-order valence-corrected chi connectivity index (χ1v) is 3.70. The Labute approximate surface area is 74.4 Å². The summed E-state index contributed by atoms with van der Waals surface area (Å²) in [6.45, 7) is 1.47. The summed E-state index contributed by atoms with van der Waals surface area (Å²) in [5, 5.41) is 17.5. The number of aromatic hydroxyl groups is 1. The fourth-order valence-corrected chi connectivity index (χ4v) is 1.10. The molecule has 0 spiro atoms. The number of carboxylic acids is 1. The van der Waals surface area contributed by atoms with Gasteiger partial charge in [-0.15, -0.1) is 0 Å². The normalized spacial score (nSPS) is 10.0. The molecule has 1 aromatic carbocycles. The second kappa shape index (κ2) is 3.43. The third kappa shape index (κ3) is 2.18. The summed E-state index contributed by atoms with van der Waals surface area (Å²) in [4.78, 5) is 10.3. The first kappa shape index (κ1) is 9.51. The Balaban J connectivity index is 3.06. The van der Waals surface area contributed by atoms with Crippen LogP contribution < -0.4 is 0 Å². The summed E-state index contributed by atoms with van der Waals surface area (Å²) < 4.78 is 12.9. The molecule has 0 aliphatic heterocycles. The zero-order valence-electron chi connectivity index (χ0n) is 7.04. The molecular formula is C9H9FO3. The molecule has 0 saturated heterocycles. The number of benzene rings is 1. The van der Waals surface area contributed by atoms with Gasteiger partial charge in [0.2, 0.25) is 0 Å². The van der Waals surface area contributed by atoms with Crippen molar-refractivity contribution in [1.29, 1.82) is 0 Å². The van der Waals surface area contributed by atoms with Crippen molar-refractivity contribution in [1.82, 2.24) is 0 Å². The third-order valence-corrected chi connectivity index (χ3v) is 1.65. The summed E-state index contributed by atoms with van der Waals surface area (Å²) in [6.07, 6.45) is -0.214. The Bertz CT molecular complexity index is 324. The predicted octanol–water partition coefficient (Wildman–Crippen LogP) is 1.47. The van der Waals surface area contributed by atoms with Gasteiger partial charge in [0.25, 0.3) is 0 Å². The number of hydrogen-bond donors (Lipinski definition) is 2. The van der Waals surface area contributed by atoms with E-state index in [1.165, 1.54) is 13.0 Å². The van der Waals surface area contributed by atoms with E-state index in [2.05, 4.69) is 0 Å². The lowest BCUT2D eigenvalue weighted by atomic mass is 10.1. The van der Waals surface area contributed by atoms with Crippen LogP contribution in [0.25, 0.3) is 0 Å². The largest absolute Gasteiger partial charge is 0.505 e. The van der Waals surface area contributed by atoms with Gasteiger partial charge in [0.15, 0.2) is 11.6 Å². The lowest BCUT2D eigenvalue weighted by molar-refractivity contribution is -0.136. The van der Waals surface area contributed by atoms with Gasteiger partial charge >= 0.3 is 5.97 Å². The van der Waals surface area contributed by atoms with E-state index >= 15 is 0 Å². The van der Waals surface area contributed by atoms with Gasteiger partial charge in [-0.05, 0) is 24.1 Å². The average molecular weight is 184 g/mol. The Hall–Kier alpha value is -1.58. The van der Waals surface area contributed by atoms with Gasteiger partial charge in [-0.2, -0.15) is 0 Å². The number of aryl methyl sites for hydroxylation is 1. The van der Waals surface area contributed by atoms with Crippen LogP contribution in [0.4, 0.5) is 4.39 Å². The van der Waals surface area contributed by atoms with Crippen molar-refractivity contribution in [3.63, 3.8) is 0 Å². The fraction of sp³-hybridized carbons (Fsp3) is 0.222. The van der Waals surface area contributed by atoms with Crippen molar-refractivity contribution in [3.8, 4) is 5.75 Å². The molecule has 4 heteroatoms. The molecule has 0 radical (unpaired) electrons. The quantitative estimate of drug-likeness (QED) is 0.731. The number of halogens is 1. The van der Waals surface area contributed by atoms with E-state index in [1.54, 1.807) is 0 Å². The Kier molecular flexibility index (Phi) is 2.51. The third-order valence-electron chi connectivity index (χ3n) is 1.65. The van der Waals surface area contributed by atoms with Crippen LogP contribution >= 0.6 is 0 Å². The number of carbonyl (C=O) groups is 1. The molecule has 0 amide bonds. The molecule has 0 aliphatic carbocycles. The second-order valence-electron chi connectivity index (χ2n) is 2.82. The lowest BCUT2D eigenvalue weighted by Gasteiger charge is -2.02. The lowest BCUT2D eigenvalue weighted by Crippen LogP contribution is -2.00. The molecule has 2 N–H and O–H groups in total. The molecule has 70 valence electrons. The molecule has 13 heavy (non-hydrogen) atoms. The maximum absolute atomic E-state index is 12.9. The molecular weight excluding hydrogens is 175 g/mol. The number of aliphatic carboxylic acids is 1. The summed E-state index contributed by atoms with van der Waals surface area (Å²) in [5.74, 6) is -2.21. The number of phenolic OH excluding ortho intramolecular Hbond substituents is 1. The van der Waals surface area contributed by atoms with Crippen molar-refractivity contribution in [2.45, 2.75) is 13.3 Å². The molecule has 0 saturated carbocycles. The van der Waals surface area contributed by atoms with Crippen LogP contribution in [0.5, 0.6) is 5.75 Å². The zero-order valence-corrected chi connectivity index (χ0v) is 7.04. The fourth-order valence-electron chi connectivity index (χ4n) is 1.10. The maximum atomic E-state index is 12.9. The summed E-state index contributed by atoms with van der Waals surface area (Å²) >= 11 is 0.